The molecule has 1 heterocycles. The van der Waals surface area contributed by atoms with E-state index in [1.54, 1.807) is 7.11 Å². The fourth-order valence-corrected chi connectivity index (χ4v) is 2.62. The second kappa shape index (κ2) is 8.12. The molecule has 0 amide bonds. The highest BCUT2D eigenvalue weighted by Crippen LogP contribution is 2.24. The summed E-state index contributed by atoms with van der Waals surface area (Å²) in [5, 5.41) is 3.17. The SMILES string of the molecule is CNCc1cc(OC)ccc1OCCN1CCCCC1. The van der Waals surface area contributed by atoms with E-state index in [-0.39, 0.29) is 0 Å². The van der Waals surface area contributed by atoms with E-state index in [4.69, 9.17) is 9.47 Å². The zero-order valence-corrected chi connectivity index (χ0v) is 12.7. The zero-order valence-electron chi connectivity index (χ0n) is 12.7. The zero-order chi connectivity index (χ0) is 14.2. The summed E-state index contributed by atoms with van der Waals surface area (Å²) < 4.78 is 11.2. The maximum Gasteiger partial charge on any atom is 0.124 e. The average Bonchev–Trinajstić information content (AvgIpc) is 2.50. The molecule has 0 saturated carbocycles. The van der Waals surface area contributed by atoms with Gasteiger partial charge in [0, 0.05) is 18.7 Å². The van der Waals surface area contributed by atoms with Crippen molar-refractivity contribution in [3.05, 3.63) is 23.8 Å². The predicted octanol–water partition coefficient (Wildman–Crippen LogP) is 2.28. The lowest BCUT2D eigenvalue weighted by Gasteiger charge is -2.26. The van der Waals surface area contributed by atoms with Gasteiger partial charge in [-0.15, -0.1) is 0 Å². The lowest BCUT2D eigenvalue weighted by atomic mass is 10.1. The van der Waals surface area contributed by atoms with Crippen molar-refractivity contribution >= 4 is 0 Å². The molecule has 4 heteroatoms. The number of methoxy groups -OCH3 is 1. The molecular weight excluding hydrogens is 252 g/mol. The minimum Gasteiger partial charge on any atom is -0.497 e. The first-order chi connectivity index (χ1) is 9.83. The third-order valence-electron chi connectivity index (χ3n) is 3.75. The second-order valence-electron chi connectivity index (χ2n) is 5.25. The average molecular weight is 278 g/mol. The molecule has 1 aromatic rings. The molecule has 20 heavy (non-hydrogen) atoms. The van der Waals surface area contributed by atoms with Gasteiger partial charge >= 0.3 is 0 Å². The third-order valence-corrected chi connectivity index (χ3v) is 3.75. The fraction of sp³-hybridized carbons (Fsp3) is 0.625. The van der Waals surface area contributed by atoms with Crippen LogP contribution in [0.4, 0.5) is 0 Å². The molecular formula is C16H26N2O2. The van der Waals surface area contributed by atoms with Crippen molar-refractivity contribution in [2.45, 2.75) is 25.8 Å². The molecule has 0 aromatic heterocycles. The van der Waals surface area contributed by atoms with Crippen LogP contribution in [0.3, 0.4) is 0 Å². The minimum atomic E-state index is 0.753. The van der Waals surface area contributed by atoms with Crippen LogP contribution in [0, 0.1) is 0 Å². The molecule has 4 nitrogen and oxygen atoms in total. The van der Waals surface area contributed by atoms with Gasteiger partial charge < -0.3 is 14.8 Å². The summed E-state index contributed by atoms with van der Waals surface area (Å²) in [5.41, 5.74) is 1.14. The van der Waals surface area contributed by atoms with Gasteiger partial charge in [-0.2, -0.15) is 0 Å². The van der Waals surface area contributed by atoms with Crippen molar-refractivity contribution in [1.82, 2.24) is 10.2 Å². The first-order valence-electron chi connectivity index (χ1n) is 7.50. The van der Waals surface area contributed by atoms with Crippen LogP contribution in [-0.2, 0) is 6.54 Å². The number of nitrogens with one attached hydrogen (secondary N) is 1. The number of ether oxygens (including phenoxy) is 2. The minimum absolute atomic E-state index is 0.753. The largest absolute Gasteiger partial charge is 0.497 e. The summed E-state index contributed by atoms with van der Waals surface area (Å²) in [6.45, 7) is 5.00. The van der Waals surface area contributed by atoms with Gasteiger partial charge in [-0.1, -0.05) is 6.42 Å². The molecule has 0 radical (unpaired) electrons. The van der Waals surface area contributed by atoms with Crippen molar-refractivity contribution in [3.8, 4) is 11.5 Å². The Bertz CT molecular complexity index is 403. The Morgan fingerprint density at radius 1 is 1.20 bits per heavy atom. The van der Waals surface area contributed by atoms with Crippen LogP contribution in [0.2, 0.25) is 0 Å². The van der Waals surface area contributed by atoms with Crippen LogP contribution in [0.25, 0.3) is 0 Å². The first kappa shape index (κ1) is 15.1. The van der Waals surface area contributed by atoms with E-state index in [1.807, 2.05) is 25.2 Å². The monoisotopic (exact) mass is 278 g/mol. The molecule has 0 bridgehead atoms. The number of piperidine rings is 1. The summed E-state index contributed by atoms with van der Waals surface area (Å²) in [5.74, 6) is 1.83. The lowest BCUT2D eigenvalue weighted by molar-refractivity contribution is 0.182. The molecule has 112 valence electrons. The van der Waals surface area contributed by atoms with Gasteiger partial charge in [0.05, 0.1) is 7.11 Å². The number of likely N-dealkylation sites (tertiary alicyclic amines) is 1. The summed E-state index contributed by atoms with van der Waals surface area (Å²) in [7, 11) is 3.63. The standard InChI is InChI=1S/C16H26N2O2/c1-17-13-14-12-15(19-2)6-7-16(14)20-11-10-18-8-4-3-5-9-18/h6-7,12,17H,3-5,8-11,13H2,1-2H3. The third kappa shape index (κ3) is 4.39. The Morgan fingerprint density at radius 3 is 2.70 bits per heavy atom. The van der Waals surface area contributed by atoms with Crippen LogP contribution in [0.5, 0.6) is 11.5 Å². The number of benzene rings is 1. The Balaban J connectivity index is 1.87. The molecule has 0 spiro atoms. The molecule has 0 atom stereocenters. The van der Waals surface area contributed by atoms with Crippen molar-refractivity contribution in [2.24, 2.45) is 0 Å². The van der Waals surface area contributed by atoms with Crippen molar-refractivity contribution in [2.75, 3.05) is 40.4 Å². The molecule has 0 aliphatic carbocycles. The number of hydrogen-bond donors (Lipinski definition) is 1. The van der Waals surface area contributed by atoms with Gasteiger partial charge in [0.15, 0.2) is 0 Å². The van der Waals surface area contributed by atoms with Crippen LogP contribution in [-0.4, -0.2) is 45.3 Å². The molecule has 1 saturated heterocycles. The van der Waals surface area contributed by atoms with E-state index in [0.29, 0.717) is 0 Å². The van der Waals surface area contributed by atoms with Gasteiger partial charge in [-0.3, -0.25) is 4.90 Å². The van der Waals surface area contributed by atoms with Gasteiger partial charge in [0.1, 0.15) is 18.1 Å². The van der Waals surface area contributed by atoms with E-state index in [0.717, 1.165) is 36.8 Å². The Kier molecular flexibility index (Phi) is 6.15. The highest BCUT2D eigenvalue weighted by atomic mass is 16.5. The van der Waals surface area contributed by atoms with Crippen LogP contribution >= 0.6 is 0 Å². The molecule has 2 rings (SSSR count). The van der Waals surface area contributed by atoms with Crippen LogP contribution in [0.15, 0.2) is 18.2 Å². The Labute approximate surface area is 122 Å². The van der Waals surface area contributed by atoms with Crippen molar-refractivity contribution in [3.63, 3.8) is 0 Å². The Hall–Kier alpha value is -1.26. The number of hydrogen-bond acceptors (Lipinski definition) is 4. The summed E-state index contributed by atoms with van der Waals surface area (Å²) in [6, 6.07) is 5.99. The van der Waals surface area contributed by atoms with Gasteiger partial charge in [-0.25, -0.2) is 0 Å². The van der Waals surface area contributed by atoms with E-state index >= 15 is 0 Å². The molecule has 1 aromatic carbocycles. The van der Waals surface area contributed by atoms with Crippen LogP contribution in [0.1, 0.15) is 24.8 Å². The van der Waals surface area contributed by atoms with Gasteiger partial charge in [0.2, 0.25) is 0 Å². The summed E-state index contributed by atoms with van der Waals surface area (Å²) >= 11 is 0. The molecule has 1 aliphatic rings. The first-order valence-corrected chi connectivity index (χ1v) is 7.50. The number of rotatable bonds is 7. The smallest absolute Gasteiger partial charge is 0.124 e. The Morgan fingerprint density at radius 2 is 2.00 bits per heavy atom. The fourth-order valence-electron chi connectivity index (χ4n) is 2.62. The maximum atomic E-state index is 5.95. The van der Waals surface area contributed by atoms with E-state index < -0.39 is 0 Å². The van der Waals surface area contributed by atoms with E-state index in [9.17, 15) is 0 Å². The van der Waals surface area contributed by atoms with Crippen molar-refractivity contribution in [1.29, 1.82) is 0 Å². The summed E-state index contributed by atoms with van der Waals surface area (Å²) in [6.07, 6.45) is 4.03. The highest BCUT2D eigenvalue weighted by molar-refractivity contribution is 5.40. The number of nitrogens with zero attached hydrogens (tertiary/aromatic N) is 1. The van der Waals surface area contributed by atoms with Gasteiger partial charge in [0.25, 0.3) is 0 Å². The molecule has 1 N–H and O–H groups in total. The van der Waals surface area contributed by atoms with E-state index in [2.05, 4.69) is 10.2 Å². The molecule has 1 aliphatic heterocycles. The second-order valence-corrected chi connectivity index (χ2v) is 5.25. The predicted molar refractivity (Wildman–Crippen MR) is 81.5 cm³/mol. The van der Waals surface area contributed by atoms with Gasteiger partial charge in [-0.05, 0) is 51.2 Å². The summed E-state index contributed by atoms with van der Waals surface area (Å²) in [4.78, 5) is 2.49. The quantitative estimate of drug-likeness (QED) is 0.829. The normalized spacial score (nSPS) is 16.1. The maximum absolute atomic E-state index is 5.95. The molecule has 1 fully saturated rings. The van der Waals surface area contributed by atoms with Crippen molar-refractivity contribution < 1.29 is 9.47 Å². The molecule has 0 unspecified atom stereocenters. The van der Waals surface area contributed by atoms with Crippen LogP contribution < -0.4 is 14.8 Å². The topological polar surface area (TPSA) is 33.7 Å². The lowest BCUT2D eigenvalue weighted by Crippen LogP contribution is -2.33. The van der Waals surface area contributed by atoms with E-state index in [1.165, 1.54) is 32.4 Å². The highest BCUT2D eigenvalue weighted by Gasteiger charge is 2.10.